The number of ether oxygens (including phenoxy) is 1. The number of nitrogens with one attached hydrogen (secondary N) is 1. The van der Waals surface area contributed by atoms with E-state index in [1.165, 1.54) is 5.56 Å². The normalized spacial score (nSPS) is 12.5. The van der Waals surface area contributed by atoms with Crippen LogP contribution in [0.2, 0.25) is 0 Å². The third-order valence-corrected chi connectivity index (χ3v) is 3.27. The summed E-state index contributed by atoms with van der Waals surface area (Å²) in [4.78, 5) is 11.9. The second-order valence-electron chi connectivity index (χ2n) is 4.87. The summed E-state index contributed by atoms with van der Waals surface area (Å²) < 4.78 is 4.94. The highest BCUT2D eigenvalue weighted by Crippen LogP contribution is 2.14. The van der Waals surface area contributed by atoms with Crippen LogP contribution in [0.5, 0.6) is 0 Å². The molecule has 1 N–H and O–H groups in total. The Bertz CT molecular complexity index is 390. The molecule has 0 spiro atoms. The number of rotatable bonds is 7. The van der Waals surface area contributed by atoms with Crippen LogP contribution in [0.1, 0.15) is 42.1 Å². The van der Waals surface area contributed by atoms with Crippen molar-refractivity contribution >= 4 is 17.5 Å². The molecule has 0 aliphatic heterocycles. The predicted octanol–water partition coefficient (Wildman–Crippen LogP) is 3.18. The van der Waals surface area contributed by atoms with Gasteiger partial charge in [0.1, 0.15) is 0 Å². The van der Waals surface area contributed by atoms with E-state index in [0.29, 0.717) is 31.1 Å². The van der Waals surface area contributed by atoms with Gasteiger partial charge in [0.2, 0.25) is 0 Å². The zero-order chi connectivity index (χ0) is 14.3. The number of hydrogen-bond donors (Lipinski definition) is 1. The molecule has 0 heterocycles. The zero-order valence-corrected chi connectivity index (χ0v) is 12.5. The molecule has 0 saturated carbocycles. The molecule has 1 amide bonds. The molecule has 0 bridgehead atoms. The van der Waals surface area contributed by atoms with Gasteiger partial charge in [-0.1, -0.05) is 26.0 Å². The average molecular weight is 284 g/mol. The smallest absolute Gasteiger partial charge is 0.251 e. The highest BCUT2D eigenvalue weighted by Gasteiger charge is 2.08. The van der Waals surface area contributed by atoms with Gasteiger partial charge in [0.15, 0.2) is 0 Å². The van der Waals surface area contributed by atoms with Crippen LogP contribution in [0, 0.1) is 0 Å². The van der Waals surface area contributed by atoms with Crippen LogP contribution in [0.25, 0.3) is 0 Å². The maximum atomic E-state index is 11.9. The monoisotopic (exact) mass is 283 g/mol. The van der Waals surface area contributed by atoms with Crippen LogP contribution in [0.3, 0.4) is 0 Å². The predicted molar refractivity (Wildman–Crippen MR) is 79.0 cm³/mol. The Hall–Kier alpha value is -1.06. The molecule has 0 aliphatic carbocycles. The summed E-state index contributed by atoms with van der Waals surface area (Å²) in [5.74, 6) is 0.416. The molecule has 0 aromatic heterocycles. The van der Waals surface area contributed by atoms with Gasteiger partial charge >= 0.3 is 0 Å². The molecule has 106 valence electrons. The van der Waals surface area contributed by atoms with E-state index in [-0.39, 0.29) is 11.3 Å². The first kappa shape index (κ1) is 16.0. The van der Waals surface area contributed by atoms with Crippen LogP contribution in [-0.4, -0.2) is 31.5 Å². The van der Waals surface area contributed by atoms with Gasteiger partial charge in [0.05, 0.1) is 12.0 Å². The van der Waals surface area contributed by atoms with Crippen molar-refractivity contribution < 1.29 is 9.53 Å². The fourth-order valence-electron chi connectivity index (χ4n) is 1.73. The molecule has 1 rings (SSSR count). The van der Waals surface area contributed by atoms with Crippen molar-refractivity contribution in [3.8, 4) is 0 Å². The highest BCUT2D eigenvalue weighted by atomic mass is 35.5. The summed E-state index contributed by atoms with van der Waals surface area (Å²) in [5.41, 5.74) is 1.92. The second kappa shape index (κ2) is 8.18. The first-order valence-electron chi connectivity index (χ1n) is 6.55. The quantitative estimate of drug-likeness (QED) is 0.781. The topological polar surface area (TPSA) is 38.3 Å². The average Bonchev–Trinajstić information content (AvgIpc) is 2.39. The van der Waals surface area contributed by atoms with Gasteiger partial charge in [-0.2, -0.15) is 0 Å². The first-order chi connectivity index (χ1) is 9.04. The van der Waals surface area contributed by atoms with Gasteiger partial charge in [0, 0.05) is 19.2 Å². The summed E-state index contributed by atoms with van der Waals surface area (Å²) in [5, 5.41) is 2.80. The molecule has 4 heteroatoms. The summed E-state index contributed by atoms with van der Waals surface area (Å²) >= 11 is 5.99. The van der Waals surface area contributed by atoms with Crippen molar-refractivity contribution in [3.05, 3.63) is 35.4 Å². The molecule has 0 aliphatic rings. The van der Waals surface area contributed by atoms with E-state index in [2.05, 4.69) is 19.2 Å². The van der Waals surface area contributed by atoms with Gasteiger partial charge < -0.3 is 10.1 Å². The van der Waals surface area contributed by atoms with Crippen LogP contribution in [0.15, 0.2) is 24.3 Å². The molecule has 1 aromatic rings. The Kier molecular flexibility index (Phi) is 6.89. The first-order valence-corrected chi connectivity index (χ1v) is 6.99. The molecular formula is C15H22ClNO2. The third kappa shape index (κ3) is 5.62. The molecule has 0 saturated heterocycles. The van der Waals surface area contributed by atoms with Crippen molar-refractivity contribution in [3.63, 3.8) is 0 Å². The Morgan fingerprint density at radius 1 is 1.32 bits per heavy atom. The Balaban J connectivity index is 2.41. The number of amides is 1. The molecule has 1 unspecified atom stereocenters. The molecule has 19 heavy (non-hydrogen) atoms. The van der Waals surface area contributed by atoms with E-state index in [9.17, 15) is 4.79 Å². The fourth-order valence-corrected chi connectivity index (χ4v) is 1.96. The Morgan fingerprint density at radius 2 is 1.95 bits per heavy atom. The third-order valence-electron chi connectivity index (χ3n) is 2.93. The van der Waals surface area contributed by atoms with Gasteiger partial charge in [-0.3, -0.25) is 4.79 Å². The lowest BCUT2D eigenvalue weighted by atomic mass is 10.0. The minimum absolute atomic E-state index is 0.0587. The van der Waals surface area contributed by atoms with Crippen LogP contribution < -0.4 is 5.32 Å². The number of carbonyl (C=O) groups excluding carboxylic acids is 1. The molecular weight excluding hydrogens is 262 g/mol. The van der Waals surface area contributed by atoms with Crippen LogP contribution >= 0.6 is 11.6 Å². The van der Waals surface area contributed by atoms with Gasteiger partial charge in [-0.15, -0.1) is 11.6 Å². The van der Waals surface area contributed by atoms with E-state index in [0.717, 1.165) is 0 Å². The van der Waals surface area contributed by atoms with Gasteiger partial charge in [-0.05, 0) is 30.0 Å². The summed E-state index contributed by atoms with van der Waals surface area (Å²) in [6, 6.07) is 7.71. The Morgan fingerprint density at radius 3 is 2.47 bits per heavy atom. The van der Waals surface area contributed by atoms with E-state index in [1.54, 1.807) is 7.11 Å². The lowest BCUT2D eigenvalue weighted by Gasteiger charge is -2.10. The van der Waals surface area contributed by atoms with Crippen molar-refractivity contribution in [2.45, 2.75) is 31.6 Å². The highest BCUT2D eigenvalue weighted by molar-refractivity contribution is 6.20. The zero-order valence-electron chi connectivity index (χ0n) is 11.8. The number of hydrogen-bond acceptors (Lipinski definition) is 2. The minimum Gasteiger partial charge on any atom is -0.383 e. The molecule has 1 atom stereocenters. The molecule has 3 nitrogen and oxygen atoms in total. The van der Waals surface area contributed by atoms with Crippen molar-refractivity contribution in [2.24, 2.45) is 0 Å². The standard InChI is InChI=1S/C15H22ClNO2/c1-11(2)12-4-6-13(7-5-12)15(18)17-9-8-14(16)10-19-3/h4-7,11,14H,8-10H2,1-3H3,(H,17,18). The van der Waals surface area contributed by atoms with E-state index in [4.69, 9.17) is 16.3 Å². The van der Waals surface area contributed by atoms with E-state index < -0.39 is 0 Å². The van der Waals surface area contributed by atoms with Crippen molar-refractivity contribution in [1.29, 1.82) is 0 Å². The van der Waals surface area contributed by atoms with E-state index >= 15 is 0 Å². The summed E-state index contributed by atoms with van der Waals surface area (Å²) in [6.45, 7) is 5.32. The number of benzene rings is 1. The molecule has 0 fully saturated rings. The number of alkyl halides is 1. The SMILES string of the molecule is COCC(Cl)CCNC(=O)c1ccc(C(C)C)cc1. The van der Waals surface area contributed by atoms with Crippen LogP contribution in [0.4, 0.5) is 0 Å². The maximum Gasteiger partial charge on any atom is 0.251 e. The largest absolute Gasteiger partial charge is 0.383 e. The van der Waals surface area contributed by atoms with E-state index in [1.807, 2.05) is 24.3 Å². The van der Waals surface area contributed by atoms with Gasteiger partial charge in [0.25, 0.3) is 5.91 Å². The van der Waals surface area contributed by atoms with Crippen LogP contribution in [-0.2, 0) is 4.74 Å². The summed E-state index contributed by atoms with van der Waals surface area (Å²) in [7, 11) is 1.62. The van der Waals surface area contributed by atoms with Crippen molar-refractivity contribution in [1.82, 2.24) is 5.32 Å². The van der Waals surface area contributed by atoms with Gasteiger partial charge in [-0.25, -0.2) is 0 Å². The Labute approximate surface area is 120 Å². The lowest BCUT2D eigenvalue weighted by molar-refractivity contribution is 0.0951. The fraction of sp³-hybridized carbons (Fsp3) is 0.533. The lowest BCUT2D eigenvalue weighted by Crippen LogP contribution is -2.27. The van der Waals surface area contributed by atoms with Crippen molar-refractivity contribution in [2.75, 3.05) is 20.3 Å². The minimum atomic E-state index is -0.0615. The summed E-state index contributed by atoms with van der Waals surface area (Å²) in [6.07, 6.45) is 0.700. The maximum absolute atomic E-state index is 11.9. The molecule has 0 radical (unpaired) electrons. The number of carbonyl (C=O) groups is 1. The number of methoxy groups -OCH3 is 1. The number of halogens is 1. The molecule has 1 aromatic carbocycles. The second-order valence-corrected chi connectivity index (χ2v) is 5.49.